The Bertz CT molecular complexity index is 894. The summed E-state index contributed by atoms with van der Waals surface area (Å²) < 4.78 is 5.59. The second-order valence-electron chi connectivity index (χ2n) is 7.92. The molecule has 7 nitrogen and oxygen atoms in total. The molecule has 3 amide bonds. The molecule has 1 fully saturated rings. The topological polar surface area (TPSA) is 79.0 Å². The van der Waals surface area contributed by atoms with Gasteiger partial charge in [0.1, 0.15) is 5.75 Å². The Balaban J connectivity index is 2.00. The van der Waals surface area contributed by atoms with Gasteiger partial charge in [-0.1, -0.05) is 31.0 Å². The first-order valence-corrected chi connectivity index (χ1v) is 10.2. The van der Waals surface area contributed by atoms with Gasteiger partial charge in [-0.2, -0.15) is 0 Å². The van der Waals surface area contributed by atoms with Crippen molar-refractivity contribution in [3.8, 4) is 5.75 Å². The number of nitrogens with one attached hydrogen (secondary N) is 1. The number of amides is 3. The van der Waals surface area contributed by atoms with Crippen molar-refractivity contribution in [3.63, 3.8) is 0 Å². The quantitative estimate of drug-likeness (QED) is 0.829. The average molecular weight is 397 g/mol. The Morgan fingerprint density at radius 1 is 1.07 bits per heavy atom. The predicted molar refractivity (Wildman–Crippen MR) is 107 cm³/mol. The van der Waals surface area contributed by atoms with Crippen molar-refractivity contribution in [1.82, 2.24) is 15.1 Å². The highest BCUT2D eigenvalue weighted by atomic mass is 16.5. The van der Waals surface area contributed by atoms with E-state index in [9.17, 15) is 14.4 Å². The first-order chi connectivity index (χ1) is 14.0. The third-order valence-corrected chi connectivity index (χ3v) is 6.33. The molecule has 2 heterocycles. The summed E-state index contributed by atoms with van der Waals surface area (Å²) in [6.07, 6.45) is 3.62. The molecule has 0 unspecified atom stereocenters. The number of benzene rings is 1. The Labute approximate surface area is 170 Å². The smallest absolute Gasteiger partial charge is 0.251 e. The van der Waals surface area contributed by atoms with Crippen LogP contribution in [-0.2, 0) is 14.4 Å². The number of hydrogen-bond acceptors (Lipinski definition) is 4. The molecule has 29 heavy (non-hydrogen) atoms. The van der Waals surface area contributed by atoms with Crippen molar-refractivity contribution in [2.45, 2.75) is 57.7 Å². The van der Waals surface area contributed by atoms with Crippen molar-refractivity contribution < 1.29 is 19.1 Å². The normalized spacial score (nSPS) is 26.4. The molecule has 154 valence electrons. The molecule has 0 bridgehead atoms. The van der Waals surface area contributed by atoms with E-state index < -0.39 is 6.04 Å². The minimum atomic E-state index is -0.587. The van der Waals surface area contributed by atoms with Crippen molar-refractivity contribution in [1.29, 1.82) is 0 Å². The second kappa shape index (κ2) is 7.54. The third-order valence-electron chi connectivity index (χ3n) is 6.33. The fourth-order valence-electron chi connectivity index (χ4n) is 5.27. The molecule has 7 heteroatoms. The largest absolute Gasteiger partial charge is 0.496 e. The van der Waals surface area contributed by atoms with E-state index in [1.54, 1.807) is 25.9 Å². The second-order valence-corrected chi connectivity index (χ2v) is 7.92. The maximum atomic E-state index is 13.0. The number of hydrogen-bond donors (Lipinski definition) is 1. The van der Waals surface area contributed by atoms with Gasteiger partial charge in [-0.25, -0.2) is 0 Å². The first kappa shape index (κ1) is 19.5. The van der Waals surface area contributed by atoms with Crippen LogP contribution >= 0.6 is 0 Å². The van der Waals surface area contributed by atoms with E-state index in [4.69, 9.17) is 4.74 Å². The molecule has 0 aromatic heterocycles. The molecule has 1 aromatic carbocycles. The molecule has 0 radical (unpaired) electrons. The van der Waals surface area contributed by atoms with Gasteiger partial charge < -0.3 is 19.9 Å². The van der Waals surface area contributed by atoms with Crippen molar-refractivity contribution >= 4 is 17.7 Å². The van der Waals surface area contributed by atoms with Gasteiger partial charge in [0.15, 0.2) is 0 Å². The molecule has 2 aliphatic heterocycles. The number of carbonyl (C=O) groups excluding carboxylic acids is 3. The third kappa shape index (κ3) is 3.09. The highest BCUT2D eigenvalue weighted by molar-refractivity contribution is 6.00. The number of methoxy groups -OCH3 is 1. The van der Waals surface area contributed by atoms with Crippen LogP contribution < -0.4 is 10.1 Å². The molecule has 1 N–H and O–H groups in total. The average Bonchev–Trinajstić information content (AvgIpc) is 3.00. The highest BCUT2D eigenvalue weighted by Gasteiger charge is 2.49. The fourth-order valence-corrected chi connectivity index (χ4v) is 5.27. The summed E-state index contributed by atoms with van der Waals surface area (Å²) in [5.74, 6) is 0.204. The standard InChI is InChI=1S/C22H27N3O4/c1-13(26)24-16-9-5-6-10-17(16)25(14(2)27)21(20-18(24)12-23-22(20)28)15-8-4-7-11-19(15)29-3/h4,7-8,11,16-17,21H,5-6,9-10,12H2,1-3H3,(H,23,28)/t16-,17-,21-/m1/s1. The minimum Gasteiger partial charge on any atom is -0.496 e. The first-order valence-electron chi connectivity index (χ1n) is 10.2. The molecule has 0 saturated heterocycles. The van der Waals surface area contributed by atoms with E-state index in [0.29, 0.717) is 23.6 Å². The zero-order valence-corrected chi connectivity index (χ0v) is 17.1. The summed E-state index contributed by atoms with van der Waals surface area (Å²) in [5, 5.41) is 2.88. The zero-order chi connectivity index (χ0) is 20.7. The van der Waals surface area contributed by atoms with E-state index in [-0.39, 0.29) is 29.8 Å². The summed E-state index contributed by atoms with van der Waals surface area (Å²) >= 11 is 0. The molecule has 1 saturated carbocycles. The van der Waals surface area contributed by atoms with Crippen LogP contribution in [0.4, 0.5) is 0 Å². The zero-order valence-electron chi connectivity index (χ0n) is 17.1. The lowest BCUT2D eigenvalue weighted by Crippen LogP contribution is -2.55. The van der Waals surface area contributed by atoms with Crippen molar-refractivity contribution in [2.75, 3.05) is 13.7 Å². The van der Waals surface area contributed by atoms with Crippen molar-refractivity contribution in [2.24, 2.45) is 0 Å². The van der Waals surface area contributed by atoms with Crippen LogP contribution in [0.1, 0.15) is 51.1 Å². The maximum Gasteiger partial charge on any atom is 0.251 e. The Morgan fingerprint density at radius 3 is 2.41 bits per heavy atom. The van der Waals surface area contributed by atoms with Gasteiger partial charge in [0, 0.05) is 19.4 Å². The van der Waals surface area contributed by atoms with E-state index in [1.165, 1.54) is 0 Å². The van der Waals surface area contributed by atoms with Crippen LogP contribution in [0.5, 0.6) is 5.75 Å². The van der Waals surface area contributed by atoms with Gasteiger partial charge >= 0.3 is 0 Å². The van der Waals surface area contributed by atoms with E-state index in [0.717, 1.165) is 31.2 Å². The fraction of sp³-hybridized carbons (Fsp3) is 0.500. The Hall–Kier alpha value is -2.83. The van der Waals surface area contributed by atoms with Gasteiger partial charge in [-0.15, -0.1) is 0 Å². The lowest BCUT2D eigenvalue weighted by molar-refractivity contribution is -0.139. The van der Waals surface area contributed by atoms with Crippen LogP contribution in [-0.4, -0.2) is 53.3 Å². The Kier molecular flexibility index (Phi) is 5.06. The van der Waals surface area contributed by atoms with Crippen LogP contribution in [0.3, 0.4) is 0 Å². The monoisotopic (exact) mass is 397 g/mol. The number of rotatable bonds is 2. The molecule has 1 aromatic rings. The van der Waals surface area contributed by atoms with Gasteiger partial charge in [0.05, 0.1) is 43.1 Å². The van der Waals surface area contributed by atoms with Crippen LogP contribution in [0.2, 0.25) is 0 Å². The summed E-state index contributed by atoms with van der Waals surface area (Å²) in [6, 6.07) is 6.64. The van der Waals surface area contributed by atoms with Gasteiger partial charge in [-0.05, 0) is 18.9 Å². The van der Waals surface area contributed by atoms with Gasteiger partial charge in [0.25, 0.3) is 5.91 Å². The number of carbonyl (C=O) groups is 3. The molecule has 1 aliphatic carbocycles. The molecule has 4 rings (SSSR count). The van der Waals surface area contributed by atoms with Gasteiger partial charge in [0.2, 0.25) is 11.8 Å². The molecular formula is C22H27N3O4. The minimum absolute atomic E-state index is 0.0879. The van der Waals surface area contributed by atoms with Crippen molar-refractivity contribution in [3.05, 3.63) is 41.1 Å². The number of ether oxygens (including phenoxy) is 1. The van der Waals surface area contributed by atoms with E-state index in [2.05, 4.69) is 5.32 Å². The lowest BCUT2D eigenvalue weighted by Gasteiger charge is -2.44. The highest BCUT2D eigenvalue weighted by Crippen LogP contribution is 2.45. The number of fused-ring (bicyclic) bond motifs is 1. The summed E-state index contributed by atoms with van der Waals surface area (Å²) in [7, 11) is 1.59. The van der Waals surface area contributed by atoms with Crippen LogP contribution in [0.15, 0.2) is 35.5 Å². The molecular weight excluding hydrogens is 370 g/mol. The lowest BCUT2D eigenvalue weighted by atomic mass is 9.86. The Morgan fingerprint density at radius 2 is 1.76 bits per heavy atom. The predicted octanol–water partition coefficient (Wildman–Crippen LogP) is 2.14. The van der Waals surface area contributed by atoms with Crippen LogP contribution in [0, 0.1) is 0 Å². The maximum absolute atomic E-state index is 13.0. The molecule has 3 atom stereocenters. The van der Waals surface area contributed by atoms with Gasteiger partial charge in [-0.3, -0.25) is 14.4 Å². The van der Waals surface area contributed by atoms with Crippen LogP contribution in [0.25, 0.3) is 0 Å². The number of para-hydroxylation sites is 1. The number of nitrogens with zero attached hydrogens (tertiary/aromatic N) is 2. The summed E-state index contributed by atoms with van der Waals surface area (Å²) in [6.45, 7) is 3.39. The summed E-state index contributed by atoms with van der Waals surface area (Å²) in [4.78, 5) is 42.3. The van der Waals surface area contributed by atoms with E-state index in [1.807, 2.05) is 29.2 Å². The van der Waals surface area contributed by atoms with E-state index >= 15 is 0 Å². The molecule has 3 aliphatic rings. The SMILES string of the molecule is COc1ccccc1[C@@H]1C2=C(CNC2=O)N(C(C)=O)[C@@H]2CCCC[C@H]2N1C(C)=O. The summed E-state index contributed by atoms with van der Waals surface area (Å²) in [5.41, 5.74) is 1.94. The molecule has 0 spiro atoms.